The highest BCUT2D eigenvalue weighted by Crippen LogP contribution is 2.30. The van der Waals surface area contributed by atoms with Gasteiger partial charge in [0.25, 0.3) is 0 Å². The Bertz CT molecular complexity index is 260. The molecule has 16 heavy (non-hydrogen) atoms. The van der Waals surface area contributed by atoms with Crippen molar-refractivity contribution in [2.24, 2.45) is 15.9 Å². The van der Waals surface area contributed by atoms with Crippen molar-refractivity contribution < 1.29 is 0 Å². The normalized spacial score (nSPS) is 17.1. The summed E-state index contributed by atoms with van der Waals surface area (Å²) in [6.07, 6.45) is 8.39. The van der Waals surface area contributed by atoms with Gasteiger partial charge in [0.15, 0.2) is 0 Å². The SMILES string of the molecule is CC.CC=NC=NC1=C(C(C)C)CCCC1. The second kappa shape index (κ2) is 9.32. The lowest BCUT2D eigenvalue weighted by atomic mass is 9.89. The minimum absolute atomic E-state index is 0.632. The van der Waals surface area contributed by atoms with Crippen molar-refractivity contribution in [2.45, 2.75) is 60.3 Å². The average molecular weight is 222 g/mol. The molecule has 0 aliphatic heterocycles. The Morgan fingerprint density at radius 3 is 2.31 bits per heavy atom. The zero-order valence-electron chi connectivity index (χ0n) is 11.5. The van der Waals surface area contributed by atoms with Crippen molar-refractivity contribution in [3.63, 3.8) is 0 Å². The van der Waals surface area contributed by atoms with Crippen LogP contribution in [0.1, 0.15) is 60.3 Å². The maximum Gasteiger partial charge on any atom is 0.115 e. The largest absolute Gasteiger partial charge is 0.250 e. The molecule has 0 N–H and O–H groups in total. The highest BCUT2D eigenvalue weighted by molar-refractivity contribution is 5.71. The van der Waals surface area contributed by atoms with E-state index in [1.54, 1.807) is 12.6 Å². The molecule has 0 aromatic carbocycles. The molecule has 1 aliphatic carbocycles. The molecule has 0 fully saturated rings. The summed E-state index contributed by atoms with van der Waals surface area (Å²) in [6, 6.07) is 0. The number of rotatable bonds is 3. The molecule has 2 heteroatoms. The Morgan fingerprint density at radius 2 is 1.75 bits per heavy atom. The Kier molecular flexibility index (Phi) is 8.78. The van der Waals surface area contributed by atoms with Gasteiger partial charge in [-0.05, 0) is 44.1 Å². The molecular formula is C14H26N2. The molecule has 0 aromatic rings. The van der Waals surface area contributed by atoms with Crippen molar-refractivity contribution >= 4 is 12.6 Å². The number of allylic oxidation sites excluding steroid dienone is 2. The molecule has 0 spiro atoms. The van der Waals surface area contributed by atoms with Crippen LogP contribution in [0.15, 0.2) is 21.3 Å². The van der Waals surface area contributed by atoms with E-state index in [0.29, 0.717) is 5.92 Å². The van der Waals surface area contributed by atoms with Crippen LogP contribution in [0.3, 0.4) is 0 Å². The summed E-state index contributed by atoms with van der Waals surface area (Å²) < 4.78 is 0. The molecule has 2 nitrogen and oxygen atoms in total. The molecular weight excluding hydrogens is 196 g/mol. The summed E-state index contributed by atoms with van der Waals surface area (Å²) in [7, 11) is 0. The number of nitrogens with zero attached hydrogens (tertiary/aromatic N) is 2. The summed E-state index contributed by atoms with van der Waals surface area (Å²) in [5, 5.41) is 0. The fourth-order valence-electron chi connectivity index (χ4n) is 1.85. The van der Waals surface area contributed by atoms with Crippen LogP contribution in [-0.4, -0.2) is 12.6 Å². The lowest BCUT2D eigenvalue weighted by Gasteiger charge is -2.19. The summed E-state index contributed by atoms with van der Waals surface area (Å²) in [4.78, 5) is 8.44. The predicted molar refractivity (Wildman–Crippen MR) is 74.3 cm³/mol. The molecule has 0 unspecified atom stereocenters. The van der Waals surface area contributed by atoms with Crippen LogP contribution in [0.5, 0.6) is 0 Å². The van der Waals surface area contributed by atoms with Gasteiger partial charge in [-0.15, -0.1) is 0 Å². The van der Waals surface area contributed by atoms with Crippen molar-refractivity contribution in [3.05, 3.63) is 11.3 Å². The van der Waals surface area contributed by atoms with Crippen LogP contribution in [-0.2, 0) is 0 Å². The Labute approximate surface area is 101 Å². The van der Waals surface area contributed by atoms with Crippen LogP contribution in [0.4, 0.5) is 0 Å². The third-order valence-corrected chi connectivity index (χ3v) is 2.61. The molecule has 1 aliphatic rings. The van der Waals surface area contributed by atoms with Crippen molar-refractivity contribution in [3.8, 4) is 0 Å². The summed E-state index contributed by atoms with van der Waals surface area (Å²) in [6.45, 7) is 10.4. The van der Waals surface area contributed by atoms with E-state index < -0.39 is 0 Å². The highest BCUT2D eigenvalue weighted by Gasteiger charge is 2.14. The molecule has 0 atom stereocenters. The monoisotopic (exact) mass is 222 g/mol. The molecule has 0 amide bonds. The van der Waals surface area contributed by atoms with Crippen LogP contribution >= 0.6 is 0 Å². The number of hydrogen-bond acceptors (Lipinski definition) is 1. The first kappa shape index (κ1) is 15.1. The van der Waals surface area contributed by atoms with Crippen molar-refractivity contribution in [1.29, 1.82) is 0 Å². The van der Waals surface area contributed by atoms with Gasteiger partial charge < -0.3 is 0 Å². The fraction of sp³-hybridized carbons (Fsp3) is 0.714. The van der Waals surface area contributed by atoms with Crippen LogP contribution in [0.25, 0.3) is 0 Å². The van der Waals surface area contributed by atoms with Crippen molar-refractivity contribution in [1.82, 2.24) is 0 Å². The quantitative estimate of drug-likeness (QED) is 0.492. The van der Waals surface area contributed by atoms with E-state index in [0.717, 1.165) is 6.42 Å². The van der Waals surface area contributed by atoms with Gasteiger partial charge >= 0.3 is 0 Å². The van der Waals surface area contributed by atoms with E-state index in [1.807, 2.05) is 20.8 Å². The highest BCUT2D eigenvalue weighted by atomic mass is 14.9. The molecule has 0 aromatic heterocycles. The van der Waals surface area contributed by atoms with Gasteiger partial charge in [0.1, 0.15) is 6.34 Å². The molecule has 0 bridgehead atoms. The van der Waals surface area contributed by atoms with Crippen LogP contribution in [0.2, 0.25) is 0 Å². The first-order valence-corrected chi connectivity index (χ1v) is 6.48. The Balaban J connectivity index is 0.00000106. The van der Waals surface area contributed by atoms with Gasteiger partial charge in [-0.3, -0.25) is 0 Å². The second-order valence-electron chi connectivity index (χ2n) is 3.99. The van der Waals surface area contributed by atoms with Gasteiger partial charge in [0.05, 0.1) is 0 Å². The van der Waals surface area contributed by atoms with E-state index in [4.69, 9.17) is 0 Å². The van der Waals surface area contributed by atoms with Gasteiger partial charge in [-0.25, -0.2) is 9.98 Å². The third-order valence-electron chi connectivity index (χ3n) is 2.61. The van der Waals surface area contributed by atoms with Crippen LogP contribution in [0, 0.1) is 5.92 Å². The van der Waals surface area contributed by atoms with Gasteiger partial charge in [-0.1, -0.05) is 27.7 Å². The average Bonchev–Trinajstić information content (AvgIpc) is 2.32. The molecule has 0 radical (unpaired) electrons. The molecule has 0 saturated carbocycles. The lowest BCUT2D eigenvalue weighted by Crippen LogP contribution is -2.04. The van der Waals surface area contributed by atoms with Crippen LogP contribution < -0.4 is 0 Å². The summed E-state index contributed by atoms with van der Waals surface area (Å²) >= 11 is 0. The van der Waals surface area contributed by atoms with E-state index in [-0.39, 0.29) is 0 Å². The Morgan fingerprint density at radius 1 is 1.12 bits per heavy atom. The minimum Gasteiger partial charge on any atom is -0.250 e. The molecule has 92 valence electrons. The minimum atomic E-state index is 0.632. The number of hydrogen-bond donors (Lipinski definition) is 0. The van der Waals surface area contributed by atoms with Gasteiger partial charge in [0, 0.05) is 11.9 Å². The first-order valence-electron chi connectivity index (χ1n) is 6.48. The topological polar surface area (TPSA) is 24.7 Å². The zero-order chi connectivity index (χ0) is 12.4. The van der Waals surface area contributed by atoms with E-state index >= 15 is 0 Å². The molecule has 0 saturated heterocycles. The fourth-order valence-corrected chi connectivity index (χ4v) is 1.85. The zero-order valence-corrected chi connectivity index (χ0v) is 11.5. The second-order valence-corrected chi connectivity index (χ2v) is 3.99. The van der Waals surface area contributed by atoms with E-state index in [1.165, 1.54) is 30.5 Å². The van der Waals surface area contributed by atoms with Gasteiger partial charge in [0.2, 0.25) is 0 Å². The predicted octanol–water partition coefficient (Wildman–Crippen LogP) is 4.62. The third kappa shape index (κ3) is 5.24. The van der Waals surface area contributed by atoms with Gasteiger partial charge in [-0.2, -0.15) is 0 Å². The van der Waals surface area contributed by atoms with E-state index in [2.05, 4.69) is 23.8 Å². The summed E-state index contributed by atoms with van der Waals surface area (Å²) in [5.41, 5.74) is 2.80. The number of aliphatic imine (C=N–C) groups is 2. The van der Waals surface area contributed by atoms with E-state index in [9.17, 15) is 0 Å². The van der Waals surface area contributed by atoms with Crippen molar-refractivity contribution in [2.75, 3.05) is 0 Å². The molecule has 1 rings (SSSR count). The smallest absolute Gasteiger partial charge is 0.115 e. The first-order chi connectivity index (χ1) is 7.75. The maximum atomic E-state index is 4.43. The Hall–Kier alpha value is -0.920. The lowest BCUT2D eigenvalue weighted by molar-refractivity contribution is 0.594. The maximum absolute atomic E-state index is 4.43. The molecule has 0 heterocycles. The standard InChI is InChI=1S/C12H20N2.C2H6/c1-4-13-9-14-12-8-6-5-7-11(12)10(2)3;1-2/h4,9-10H,5-8H2,1-3H3;1-2H3. The summed E-state index contributed by atoms with van der Waals surface area (Å²) in [5.74, 6) is 0.632.